The highest BCUT2D eigenvalue weighted by molar-refractivity contribution is 5.73. The molecule has 2 heterocycles. The van der Waals surface area contributed by atoms with Crippen molar-refractivity contribution in [3.8, 4) is 0 Å². The largest absolute Gasteiger partial charge is 0.481 e. The van der Waals surface area contributed by atoms with E-state index in [2.05, 4.69) is 9.80 Å². The van der Waals surface area contributed by atoms with Crippen LogP contribution in [0.5, 0.6) is 0 Å². The fraction of sp³-hybridized carbons (Fsp3) is 0.462. The van der Waals surface area contributed by atoms with Gasteiger partial charge < -0.3 is 19.6 Å². The molecule has 2 saturated heterocycles. The normalized spacial score (nSPS) is 16.2. The molecule has 0 aromatic heterocycles. The second-order valence-electron chi connectivity index (χ2n) is 9.16. The number of rotatable bonds is 7. The smallest absolute Gasteiger partial charge is 0.309 e. The standard InChI is InChI=1S/C14H18N2O4.C12H14N2O4/c1-2-20-14(17)11-7-9-15(10-8-11)12-3-5-13(6-4-12)16(18)19;15-12(16)9-5-7-13(8-6-9)10-1-3-11(4-2-10)14(17)18/h3-6,11H,2,7-10H2,1H3;1-4,9H,5-8H2,(H,15,16). The fourth-order valence-electron chi connectivity index (χ4n) is 4.59. The van der Waals surface area contributed by atoms with Crippen LogP contribution in [0.3, 0.4) is 0 Å². The van der Waals surface area contributed by atoms with Crippen molar-refractivity contribution in [3.05, 3.63) is 68.8 Å². The molecule has 12 heteroatoms. The third kappa shape index (κ3) is 7.64. The topological polar surface area (TPSA) is 156 Å². The maximum atomic E-state index is 11.6. The second-order valence-corrected chi connectivity index (χ2v) is 9.16. The number of carbonyl (C=O) groups excluding carboxylic acids is 1. The van der Waals surface area contributed by atoms with Crippen molar-refractivity contribution in [2.45, 2.75) is 32.6 Å². The molecule has 0 spiro atoms. The lowest BCUT2D eigenvalue weighted by Crippen LogP contribution is -2.36. The molecule has 2 fully saturated rings. The van der Waals surface area contributed by atoms with Crippen molar-refractivity contribution < 1.29 is 29.3 Å². The first-order valence-electron chi connectivity index (χ1n) is 12.6. The zero-order valence-corrected chi connectivity index (χ0v) is 21.2. The highest BCUT2D eigenvalue weighted by Gasteiger charge is 2.26. The van der Waals surface area contributed by atoms with Gasteiger partial charge in [0.2, 0.25) is 0 Å². The Morgan fingerprint density at radius 3 is 1.47 bits per heavy atom. The molecule has 2 aliphatic heterocycles. The Labute approximate surface area is 220 Å². The minimum absolute atomic E-state index is 0.0238. The molecule has 0 unspecified atom stereocenters. The SMILES string of the molecule is CCOC(=O)C1CCN(c2ccc([N+](=O)[O-])cc2)CC1.O=C(O)C1CCN(c2ccc([N+](=O)[O-])cc2)CC1. The van der Waals surface area contributed by atoms with Crippen LogP contribution in [-0.4, -0.2) is 59.7 Å². The zero-order valence-electron chi connectivity index (χ0n) is 21.2. The van der Waals surface area contributed by atoms with Gasteiger partial charge in [-0.3, -0.25) is 29.8 Å². The van der Waals surface area contributed by atoms with Crippen LogP contribution >= 0.6 is 0 Å². The summed E-state index contributed by atoms with van der Waals surface area (Å²) < 4.78 is 5.03. The predicted octanol–water partition coefficient (Wildman–Crippen LogP) is 4.27. The number of nitrogens with zero attached hydrogens (tertiary/aromatic N) is 4. The summed E-state index contributed by atoms with van der Waals surface area (Å²) in [6.45, 7) is 5.11. The van der Waals surface area contributed by atoms with Crippen molar-refractivity contribution in [2.75, 3.05) is 42.6 Å². The highest BCUT2D eigenvalue weighted by Crippen LogP contribution is 2.26. The summed E-state index contributed by atoms with van der Waals surface area (Å²) in [5.74, 6) is -1.14. The summed E-state index contributed by atoms with van der Waals surface area (Å²) in [5, 5.41) is 30.0. The molecule has 0 amide bonds. The van der Waals surface area contributed by atoms with E-state index in [0.29, 0.717) is 32.5 Å². The molecule has 2 aromatic carbocycles. The van der Waals surface area contributed by atoms with Gasteiger partial charge in [-0.1, -0.05) is 0 Å². The average molecular weight is 529 g/mol. The molecule has 0 atom stereocenters. The van der Waals surface area contributed by atoms with Gasteiger partial charge in [0.25, 0.3) is 11.4 Å². The molecule has 4 rings (SSSR count). The Hall–Kier alpha value is -4.22. The number of hydrogen-bond donors (Lipinski definition) is 1. The minimum Gasteiger partial charge on any atom is -0.481 e. The van der Waals surface area contributed by atoms with Crippen LogP contribution in [0.4, 0.5) is 22.7 Å². The van der Waals surface area contributed by atoms with E-state index < -0.39 is 15.8 Å². The maximum absolute atomic E-state index is 11.6. The Bertz CT molecular complexity index is 1110. The van der Waals surface area contributed by atoms with Gasteiger partial charge in [-0.05, 0) is 56.9 Å². The lowest BCUT2D eigenvalue weighted by molar-refractivity contribution is -0.385. The molecule has 0 saturated carbocycles. The number of nitro groups is 2. The summed E-state index contributed by atoms with van der Waals surface area (Å²) in [6.07, 6.45) is 2.75. The monoisotopic (exact) mass is 528 g/mol. The van der Waals surface area contributed by atoms with Crippen LogP contribution in [0.2, 0.25) is 0 Å². The quantitative estimate of drug-likeness (QED) is 0.313. The van der Waals surface area contributed by atoms with E-state index in [0.717, 1.165) is 37.3 Å². The molecule has 0 radical (unpaired) electrons. The van der Waals surface area contributed by atoms with E-state index in [1.54, 1.807) is 24.3 Å². The van der Waals surface area contributed by atoms with Crippen LogP contribution in [0.25, 0.3) is 0 Å². The van der Waals surface area contributed by atoms with Crippen LogP contribution in [-0.2, 0) is 14.3 Å². The van der Waals surface area contributed by atoms with E-state index in [-0.39, 0.29) is 29.2 Å². The first kappa shape index (κ1) is 28.4. The number of nitro benzene ring substituents is 2. The van der Waals surface area contributed by atoms with Crippen LogP contribution in [0.15, 0.2) is 48.5 Å². The average Bonchev–Trinajstić information content (AvgIpc) is 2.94. The Kier molecular flexibility index (Phi) is 9.97. The Morgan fingerprint density at radius 1 is 0.789 bits per heavy atom. The number of esters is 1. The van der Waals surface area contributed by atoms with Crippen LogP contribution < -0.4 is 9.80 Å². The summed E-state index contributed by atoms with van der Waals surface area (Å²) in [7, 11) is 0. The molecule has 0 aliphatic carbocycles. The molecule has 1 N–H and O–H groups in total. The Morgan fingerprint density at radius 2 is 1.16 bits per heavy atom. The zero-order chi connectivity index (χ0) is 27.7. The number of hydrogen-bond acceptors (Lipinski definition) is 9. The van der Waals surface area contributed by atoms with Gasteiger partial charge in [-0.25, -0.2) is 0 Å². The molecule has 204 valence electrons. The summed E-state index contributed by atoms with van der Waals surface area (Å²) in [4.78, 5) is 47.0. The van der Waals surface area contributed by atoms with Gasteiger partial charge >= 0.3 is 11.9 Å². The summed E-state index contributed by atoms with van der Waals surface area (Å²) in [5.41, 5.74) is 2.02. The Balaban J connectivity index is 0.000000212. The third-order valence-electron chi connectivity index (χ3n) is 6.81. The number of carboxylic acid groups (broad SMARTS) is 1. The second kappa shape index (κ2) is 13.4. The number of piperidine rings is 2. The number of aliphatic carboxylic acids is 1. The number of carbonyl (C=O) groups is 2. The van der Waals surface area contributed by atoms with Crippen molar-refractivity contribution in [2.24, 2.45) is 11.8 Å². The third-order valence-corrected chi connectivity index (χ3v) is 6.81. The summed E-state index contributed by atoms with van der Waals surface area (Å²) >= 11 is 0. The van der Waals surface area contributed by atoms with Crippen LogP contribution in [0.1, 0.15) is 32.6 Å². The van der Waals surface area contributed by atoms with Crippen molar-refractivity contribution in [1.29, 1.82) is 0 Å². The number of anilines is 2. The van der Waals surface area contributed by atoms with Gasteiger partial charge in [0.15, 0.2) is 0 Å². The van der Waals surface area contributed by atoms with E-state index in [1.165, 1.54) is 24.3 Å². The molecule has 2 aliphatic rings. The first-order chi connectivity index (χ1) is 18.2. The van der Waals surface area contributed by atoms with E-state index in [9.17, 15) is 29.8 Å². The van der Waals surface area contributed by atoms with Gasteiger partial charge in [0, 0.05) is 61.8 Å². The molecule has 0 bridgehead atoms. The lowest BCUT2D eigenvalue weighted by Gasteiger charge is -2.32. The number of non-ortho nitro benzene ring substituents is 2. The van der Waals surface area contributed by atoms with Crippen LogP contribution in [0, 0.1) is 32.1 Å². The van der Waals surface area contributed by atoms with Gasteiger partial charge in [0.1, 0.15) is 0 Å². The van der Waals surface area contributed by atoms with Crippen molar-refractivity contribution in [3.63, 3.8) is 0 Å². The summed E-state index contributed by atoms with van der Waals surface area (Å²) in [6, 6.07) is 12.9. The van der Waals surface area contributed by atoms with E-state index >= 15 is 0 Å². The first-order valence-corrected chi connectivity index (χ1v) is 12.6. The van der Waals surface area contributed by atoms with Crippen molar-refractivity contribution in [1.82, 2.24) is 0 Å². The van der Waals surface area contributed by atoms with Crippen molar-refractivity contribution >= 4 is 34.7 Å². The van der Waals surface area contributed by atoms with E-state index in [1.807, 2.05) is 6.92 Å². The lowest BCUT2D eigenvalue weighted by atomic mass is 9.96. The molecular formula is C26H32N4O8. The fourth-order valence-corrected chi connectivity index (χ4v) is 4.59. The van der Waals surface area contributed by atoms with Gasteiger partial charge in [-0.2, -0.15) is 0 Å². The number of benzene rings is 2. The molecule has 2 aromatic rings. The van der Waals surface area contributed by atoms with Gasteiger partial charge in [-0.15, -0.1) is 0 Å². The molecule has 38 heavy (non-hydrogen) atoms. The molecule has 12 nitrogen and oxygen atoms in total. The number of ether oxygens (including phenoxy) is 1. The highest BCUT2D eigenvalue weighted by atomic mass is 16.6. The van der Waals surface area contributed by atoms with E-state index in [4.69, 9.17) is 9.84 Å². The predicted molar refractivity (Wildman–Crippen MR) is 140 cm³/mol. The maximum Gasteiger partial charge on any atom is 0.309 e. The minimum atomic E-state index is -0.738. The van der Waals surface area contributed by atoms with Gasteiger partial charge in [0.05, 0.1) is 28.3 Å². The molecular weight excluding hydrogens is 496 g/mol. The number of carboxylic acids is 1.